The number of hydrogen-bond donors (Lipinski definition) is 14. The minimum atomic E-state index is -4.40. The van der Waals surface area contributed by atoms with Crippen molar-refractivity contribution in [3.05, 3.63) is 95.1 Å². The Balaban J connectivity index is 1.14. The summed E-state index contributed by atoms with van der Waals surface area (Å²) in [6.07, 6.45) is 1.71. The van der Waals surface area contributed by atoms with Crippen molar-refractivity contribution in [1.82, 2.24) is 52.3 Å². The summed E-state index contributed by atoms with van der Waals surface area (Å²) in [6.45, 7) is 6.25. The van der Waals surface area contributed by atoms with Crippen LogP contribution < -0.4 is 70.1 Å². The van der Waals surface area contributed by atoms with Crippen LogP contribution in [0.2, 0.25) is 0 Å². The number of nitrogens with two attached hydrogens (primary N) is 3. The van der Waals surface area contributed by atoms with E-state index in [-0.39, 0.29) is 173 Å². The summed E-state index contributed by atoms with van der Waals surface area (Å²) >= 11 is 0. The molecule has 0 saturated heterocycles. The van der Waals surface area contributed by atoms with Crippen LogP contribution in [0.25, 0.3) is 0 Å². The first-order valence-corrected chi connectivity index (χ1v) is 44.3. The second-order valence-electron chi connectivity index (χ2n) is 29.8. The third-order valence-corrected chi connectivity index (χ3v) is 20.6. The summed E-state index contributed by atoms with van der Waals surface area (Å²) in [5.74, 6) is 3.95. The van der Waals surface area contributed by atoms with Gasteiger partial charge < -0.3 is 98.5 Å². The number of ether oxygens (including phenoxy) is 6. The molecule has 3 aromatic rings. The van der Waals surface area contributed by atoms with Gasteiger partial charge in [-0.2, -0.15) is 21.9 Å². The fourth-order valence-electron chi connectivity index (χ4n) is 12.8. The van der Waals surface area contributed by atoms with Gasteiger partial charge in [-0.15, -0.1) is 0 Å². The van der Waals surface area contributed by atoms with Gasteiger partial charge in [-0.25, -0.2) is 9.59 Å². The van der Waals surface area contributed by atoms with E-state index in [9.17, 15) is 74.4 Å². The van der Waals surface area contributed by atoms with E-state index in [1.54, 1.807) is 44.7 Å². The van der Waals surface area contributed by atoms with Crippen LogP contribution in [0.5, 0.6) is 0 Å². The maximum absolute atomic E-state index is 14.5. The van der Waals surface area contributed by atoms with Crippen molar-refractivity contribution in [2.24, 2.45) is 39.2 Å². The number of hydrazone groups is 1. The molecule has 3 aromatic carbocycles. The minimum Gasteiger partial charge on any atom is -0.445 e. The van der Waals surface area contributed by atoms with Crippen molar-refractivity contribution in [3.8, 4) is 11.8 Å². The Bertz CT molecular complexity index is 4320. The number of hydrogen-bond acceptors (Lipinski definition) is 26. The highest BCUT2D eigenvalue weighted by atomic mass is 32.2. The van der Waals surface area contributed by atoms with E-state index in [2.05, 4.69) is 69.8 Å². The Morgan fingerprint density at radius 3 is 1.79 bits per heavy atom. The monoisotopic (exact) mass is 1780 g/mol. The number of amides is 13. The number of primary amides is 2. The lowest BCUT2D eigenvalue weighted by molar-refractivity contribution is -0.134. The van der Waals surface area contributed by atoms with Crippen LogP contribution in [0.4, 0.5) is 21.0 Å². The van der Waals surface area contributed by atoms with Gasteiger partial charge in [0.15, 0.2) is 0 Å². The normalized spacial score (nSPS) is 15.0. The number of anilines is 2. The van der Waals surface area contributed by atoms with Crippen molar-refractivity contribution >= 4 is 114 Å². The van der Waals surface area contributed by atoms with Gasteiger partial charge >= 0.3 is 12.1 Å². The molecule has 41 nitrogen and oxygen atoms in total. The number of para-hydroxylation sites is 1. The lowest BCUT2D eigenvalue weighted by atomic mass is 9.95. The molecule has 13 amide bonds. The molecular weight excluding hydrogens is 1660 g/mol. The third-order valence-electron chi connectivity index (χ3n) is 19.2. The molecule has 1 fully saturated rings. The second-order valence-corrected chi connectivity index (χ2v) is 33.0. The van der Waals surface area contributed by atoms with Crippen molar-refractivity contribution < 1.29 is 112 Å². The van der Waals surface area contributed by atoms with E-state index >= 15 is 0 Å². The molecule has 1 saturated carbocycles. The Hall–Kier alpha value is -10.8. The topological polar surface area (TPSA) is 590 Å². The second kappa shape index (κ2) is 56.1. The first-order valence-electron chi connectivity index (χ1n) is 41.1. The molecule has 3 unspecified atom stereocenters. The predicted octanol–water partition coefficient (Wildman–Crippen LogP) is 0.263. The van der Waals surface area contributed by atoms with E-state index in [0.29, 0.717) is 49.2 Å². The number of nitrogens with one attached hydrogen (secondary N) is 9. The van der Waals surface area contributed by atoms with Crippen molar-refractivity contribution in [2.45, 2.75) is 155 Å². The largest absolute Gasteiger partial charge is 0.445 e. The predicted molar refractivity (Wildman–Crippen MR) is 457 cm³/mol. The van der Waals surface area contributed by atoms with Gasteiger partial charge in [0.1, 0.15) is 49.2 Å². The molecule has 43 heteroatoms. The van der Waals surface area contributed by atoms with E-state index in [0.717, 1.165) is 28.0 Å². The van der Waals surface area contributed by atoms with Gasteiger partial charge in [0, 0.05) is 82.4 Å². The van der Waals surface area contributed by atoms with Crippen molar-refractivity contribution in [3.63, 3.8) is 0 Å². The Kier molecular flexibility index (Phi) is 47.0. The number of aliphatic imine (C=N–C) groups is 1. The maximum Gasteiger partial charge on any atom is 0.410 e. The zero-order valence-corrected chi connectivity index (χ0v) is 72.5. The number of carbonyl (C=O) groups excluding carboxylic acids is 12. The number of nitrogens with zero attached hydrogens (tertiary/aromatic N) is 5. The molecule has 0 radical (unpaired) electrons. The molecule has 5 atom stereocenters. The summed E-state index contributed by atoms with van der Waals surface area (Å²) in [5.41, 5.74) is 15.5. The number of carbonyl (C=O) groups is 12. The molecule has 0 bridgehead atoms. The fourth-order valence-corrected chi connectivity index (χ4v) is 13.5. The Labute approximate surface area is 722 Å². The zero-order chi connectivity index (χ0) is 91.0. The standard InChI is InChI=1S/C81H121N17O24S2/c1-55(2)73(79(108)93-64(21-15-34-90-80(83)109)77(106)91-61-28-24-57(25-29-61)53-122-81(110)96(5)75(56(3)4)76(82)105)94-78(107)63(92-68(100)32-40-117-42-44-119-46-47-120-45-43-118-41-36-87-67(99)30-31-72(104)98-50-60-18-10-9-16-58(60)26-27-59-17-11-12-22-65(59)98)20-13-14-33-86-71(103)54-121-66-23-8-6-7-19-62(74(66)95-84)85-35-39-97(51-69(101)88-37-48-123(111,112)113)52-70(102)89-38-49-124(114,115)116/h9-12,16-18,22,24-25,28-29,55-56,63-64,66,73,75H,6-8,13-15,19-21,23,30-54,84H2,1-5H3,(H2,82,105)(H,86,103)(H,87,99)(H,88,101)(H,89,102)(H,91,106)(H,92,100)(H,93,108)(H,94,107)(H3,83,90,109)(H,111,112,113)(H,114,115,116)/t63-,64?,66?,73?,75+/m1/s1. The van der Waals surface area contributed by atoms with Crippen LogP contribution in [0.3, 0.4) is 0 Å². The zero-order valence-electron chi connectivity index (χ0n) is 70.9. The number of likely N-dealkylation sites (N-methyl/N-ethyl adjacent to an activating group) is 1. The van der Waals surface area contributed by atoms with Gasteiger partial charge in [0.05, 0.1) is 102 Å². The average molecular weight is 1780 g/mol. The van der Waals surface area contributed by atoms with Gasteiger partial charge in [0.25, 0.3) is 20.2 Å². The average Bonchev–Trinajstić information content (AvgIpc) is 0.803. The molecule has 1 heterocycles. The van der Waals surface area contributed by atoms with E-state index < -0.39 is 160 Å². The molecule has 0 aromatic heterocycles. The third kappa shape index (κ3) is 41.6. The smallest absolute Gasteiger partial charge is 0.410 e. The highest BCUT2D eigenvalue weighted by Gasteiger charge is 2.34. The number of benzene rings is 3. The molecule has 1 aliphatic heterocycles. The molecule has 686 valence electrons. The lowest BCUT2D eigenvalue weighted by Gasteiger charge is -2.27. The summed E-state index contributed by atoms with van der Waals surface area (Å²) in [6, 6.07) is 15.8. The number of urea groups is 1. The summed E-state index contributed by atoms with van der Waals surface area (Å²) in [7, 11) is -7.41. The van der Waals surface area contributed by atoms with Crippen LogP contribution >= 0.6 is 0 Å². The van der Waals surface area contributed by atoms with Crippen LogP contribution in [0.15, 0.2) is 82.9 Å². The lowest BCUT2D eigenvalue weighted by Crippen LogP contribution is -2.57. The molecule has 17 N–H and O–H groups in total. The quantitative estimate of drug-likeness (QED) is 0.0118. The molecule has 5 rings (SSSR count). The van der Waals surface area contributed by atoms with Crippen LogP contribution in [-0.2, 0) is 110 Å². The molecule has 124 heavy (non-hydrogen) atoms. The SMILES string of the molecule is CC(C)C(NC(=O)[C@@H](CCCCNC(=O)COC1CCCCCC(=NCCN(CC(=O)NCCS(=O)(=O)O)CC(=O)NCCS(=O)(=O)O)C1=NN)NC(=O)CCOCCOCCOCCOCCNC(=O)CCC(=O)N1Cc2ccccc2C#Cc2ccccc21)C(=O)NC(CCCNC(N)=O)C(=O)Nc1ccc(COC(=O)N(C)[C@H](C(N)=O)C(C)C)cc1. The van der Waals surface area contributed by atoms with Crippen LogP contribution in [-0.4, -0.2) is 286 Å². The minimum absolute atomic E-state index is 0.00227. The molecule has 0 spiro atoms. The first kappa shape index (κ1) is 104. The first-order chi connectivity index (χ1) is 59.1. The number of unbranched alkanes of at least 4 members (excludes halogenated alkanes) is 1. The fraction of sp³-hybridized carbons (Fsp3) is 0.580. The Morgan fingerprint density at radius 1 is 0.589 bits per heavy atom. The number of rotatable bonds is 56. The maximum atomic E-state index is 14.5. The van der Waals surface area contributed by atoms with Crippen LogP contribution in [0.1, 0.15) is 133 Å². The molecule has 2 aliphatic rings. The summed E-state index contributed by atoms with van der Waals surface area (Å²) in [4.78, 5) is 167. The van der Waals surface area contributed by atoms with Gasteiger partial charge in [0.2, 0.25) is 59.1 Å². The highest BCUT2D eigenvalue weighted by molar-refractivity contribution is 7.86. The van der Waals surface area contributed by atoms with E-state index in [4.69, 9.17) is 54.8 Å². The summed E-state index contributed by atoms with van der Waals surface area (Å²) < 4.78 is 97.1. The van der Waals surface area contributed by atoms with Gasteiger partial charge in [-0.05, 0) is 105 Å². The van der Waals surface area contributed by atoms with E-state index in [1.165, 1.54) is 24.1 Å². The van der Waals surface area contributed by atoms with Crippen LogP contribution in [0, 0.1) is 23.7 Å². The van der Waals surface area contributed by atoms with Gasteiger partial charge in [-0.3, -0.25) is 71.8 Å². The van der Waals surface area contributed by atoms with Gasteiger partial charge in [-0.1, -0.05) is 94.8 Å². The molecule has 1 aliphatic carbocycles. The number of fused-ring (bicyclic) bond motifs is 2. The highest BCUT2D eigenvalue weighted by Crippen LogP contribution is 2.27. The van der Waals surface area contributed by atoms with Crippen molar-refractivity contribution in [2.75, 3.05) is 147 Å². The van der Waals surface area contributed by atoms with Crippen molar-refractivity contribution in [1.29, 1.82) is 0 Å². The summed E-state index contributed by atoms with van der Waals surface area (Å²) in [5, 5.41) is 27.7. The Morgan fingerprint density at radius 2 is 1.17 bits per heavy atom. The molecular formula is C81H121N17O24S2. The van der Waals surface area contributed by atoms with E-state index in [1.807, 2.05) is 48.5 Å².